The maximum Gasteiger partial charge on any atom is 0.394 e. The molecular weight excluding hydrogens is 398 g/mol. The molecule has 29 heavy (non-hydrogen) atoms. The standard InChI is InChI=1S/C19H19N3O6S/c23-17-15(20-29(27,28)14-4-2-1-3-5-14)6-7-16-13-8-12(10-22(16)17)9-21(11-13)18(24)19(25)26/h1-7,12-13,20H,8-11H2,(H,25,26). The van der Waals surface area contributed by atoms with Crippen LogP contribution in [0.1, 0.15) is 18.0 Å². The normalized spacial score (nSPS) is 20.6. The Hall–Kier alpha value is -3.14. The largest absolute Gasteiger partial charge is 0.474 e. The van der Waals surface area contributed by atoms with E-state index in [1.807, 2.05) is 0 Å². The van der Waals surface area contributed by atoms with Crippen LogP contribution in [0.5, 0.6) is 0 Å². The Bertz CT molecular complexity index is 1140. The predicted octanol–water partition coefficient (Wildman–Crippen LogP) is 0.679. The van der Waals surface area contributed by atoms with Gasteiger partial charge in [0.2, 0.25) is 0 Å². The Morgan fingerprint density at radius 3 is 2.45 bits per heavy atom. The van der Waals surface area contributed by atoms with Gasteiger partial charge in [-0.05, 0) is 36.6 Å². The molecule has 2 aromatic rings. The molecule has 152 valence electrons. The van der Waals surface area contributed by atoms with Crippen molar-refractivity contribution < 1.29 is 23.1 Å². The van der Waals surface area contributed by atoms with Crippen LogP contribution >= 0.6 is 0 Å². The number of hydrogen-bond donors (Lipinski definition) is 2. The third kappa shape index (κ3) is 3.51. The first kappa shape index (κ1) is 19.2. The van der Waals surface area contributed by atoms with Crippen molar-refractivity contribution in [1.82, 2.24) is 9.47 Å². The van der Waals surface area contributed by atoms with Gasteiger partial charge in [-0.3, -0.25) is 14.3 Å². The third-order valence-electron chi connectivity index (χ3n) is 5.37. The molecule has 1 saturated heterocycles. The predicted molar refractivity (Wildman–Crippen MR) is 103 cm³/mol. The van der Waals surface area contributed by atoms with Gasteiger partial charge in [-0.25, -0.2) is 13.2 Å². The number of carbonyl (C=O) groups is 2. The highest BCUT2D eigenvalue weighted by Gasteiger charge is 2.38. The number of sulfonamides is 1. The van der Waals surface area contributed by atoms with Gasteiger partial charge in [-0.15, -0.1) is 0 Å². The zero-order chi connectivity index (χ0) is 20.8. The number of piperidine rings is 1. The number of amides is 1. The number of anilines is 1. The Kier molecular flexibility index (Phi) is 4.65. The molecular formula is C19H19N3O6S. The smallest absolute Gasteiger partial charge is 0.394 e. The lowest BCUT2D eigenvalue weighted by atomic mass is 9.83. The zero-order valence-corrected chi connectivity index (χ0v) is 16.1. The number of likely N-dealkylation sites (tertiary alicyclic amines) is 1. The summed E-state index contributed by atoms with van der Waals surface area (Å²) >= 11 is 0. The van der Waals surface area contributed by atoms with Crippen molar-refractivity contribution in [3.05, 3.63) is 58.5 Å². The summed E-state index contributed by atoms with van der Waals surface area (Å²) in [7, 11) is -3.89. The number of nitrogens with one attached hydrogen (secondary N) is 1. The Morgan fingerprint density at radius 2 is 1.76 bits per heavy atom. The van der Waals surface area contributed by atoms with E-state index in [1.165, 1.54) is 27.7 Å². The molecule has 4 rings (SSSR count). The highest BCUT2D eigenvalue weighted by atomic mass is 32.2. The van der Waals surface area contributed by atoms with Gasteiger partial charge < -0.3 is 14.6 Å². The molecule has 2 aliphatic heterocycles. The highest BCUT2D eigenvalue weighted by molar-refractivity contribution is 7.92. The van der Waals surface area contributed by atoms with Crippen LogP contribution in [0.2, 0.25) is 0 Å². The second-order valence-electron chi connectivity index (χ2n) is 7.32. The first-order valence-electron chi connectivity index (χ1n) is 9.10. The molecule has 1 aromatic carbocycles. The number of carboxylic acid groups (broad SMARTS) is 1. The number of rotatable bonds is 3. The fraction of sp³-hybridized carbons (Fsp3) is 0.316. The number of carbonyl (C=O) groups excluding carboxylic acids is 1. The van der Waals surface area contributed by atoms with Crippen LogP contribution in [0.15, 0.2) is 52.2 Å². The van der Waals surface area contributed by atoms with Crippen molar-refractivity contribution in [3.63, 3.8) is 0 Å². The van der Waals surface area contributed by atoms with E-state index in [0.29, 0.717) is 12.2 Å². The third-order valence-corrected chi connectivity index (χ3v) is 6.75. The molecule has 9 nitrogen and oxygen atoms in total. The quantitative estimate of drug-likeness (QED) is 0.708. The van der Waals surface area contributed by atoms with Crippen molar-refractivity contribution in [2.24, 2.45) is 5.92 Å². The van der Waals surface area contributed by atoms with E-state index in [0.717, 1.165) is 6.42 Å². The monoisotopic (exact) mass is 417 g/mol. The number of fused-ring (bicyclic) bond motifs is 4. The molecule has 3 heterocycles. The first-order chi connectivity index (χ1) is 13.8. The number of benzene rings is 1. The van der Waals surface area contributed by atoms with Gasteiger partial charge in [0.05, 0.1) is 4.90 Å². The maximum absolute atomic E-state index is 12.9. The fourth-order valence-corrected chi connectivity index (χ4v) is 5.21. The second-order valence-corrected chi connectivity index (χ2v) is 9.00. The van der Waals surface area contributed by atoms with E-state index in [-0.39, 0.29) is 35.5 Å². The van der Waals surface area contributed by atoms with Crippen molar-refractivity contribution in [2.75, 3.05) is 17.8 Å². The van der Waals surface area contributed by atoms with E-state index < -0.39 is 27.5 Å². The summed E-state index contributed by atoms with van der Waals surface area (Å²) < 4.78 is 29.0. The summed E-state index contributed by atoms with van der Waals surface area (Å²) in [5.74, 6) is -2.67. The van der Waals surface area contributed by atoms with Crippen LogP contribution in [0.4, 0.5) is 5.69 Å². The lowest BCUT2D eigenvalue weighted by Gasteiger charge is -2.42. The topological polar surface area (TPSA) is 126 Å². The number of nitrogens with zero attached hydrogens (tertiary/aromatic N) is 2. The molecule has 0 aliphatic carbocycles. The number of aliphatic carboxylic acids is 1. The second kappa shape index (κ2) is 7.03. The van der Waals surface area contributed by atoms with Gasteiger partial charge in [0, 0.05) is 31.2 Å². The summed E-state index contributed by atoms with van der Waals surface area (Å²) in [4.78, 5) is 37.1. The van der Waals surface area contributed by atoms with E-state index >= 15 is 0 Å². The number of hydrogen-bond acceptors (Lipinski definition) is 5. The molecule has 2 unspecified atom stereocenters. The highest BCUT2D eigenvalue weighted by Crippen LogP contribution is 2.35. The molecule has 0 saturated carbocycles. The molecule has 1 aromatic heterocycles. The van der Waals surface area contributed by atoms with Crippen LogP contribution in [0, 0.1) is 5.92 Å². The molecule has 10 heteroatoms. The van der Waals surface area contributed by atoms with Crippen molar-refractivity contribution in [3.8, 4) is 0 Å². The zero-order valence-electron chi connectivity index (χ0n) is 15.3. The fourth-order valence-electron chi connectivity index (χ4n) is 4.13. The molecule has 2 N–H and O–H groups in total. The maximum atomic E-state index is 12.9. The van der Waals surface area contributed by atoms with Crippen molar-refractivity contribution in [1.29, 1.82) is 0 Å². The van der Waals surface area contributed by atoms with Gasteiger partial charge in [-0.2, -0.15) is 0 Å². The number of carboxylic acids is 1. The molecule has 1 amide bonds. The van der Waals surface area contributed by atoms with E-state index in [1.54, 1.807) is 24.3 Å². The summed E-state index contributed by atoms with van der Waals surface area (Å²) in [5, 5.41) is 8.96. The van der Waals surface area contributed by atoms with Crippen molar-refractivity contribution in [2.45, 2.75) is 23.8 Å². The molecule has 2 atom stereocenters. The Labute approximate surface area is 166 Å². The minimum atomic E-state index is -3.89. The molecule has 0 spiro atoms. The lowest BCUT2D eigenvalue weighted by molar-refractivity contribution is -0.157. The van der Waals surface area contributed by atoms with Gasteiger partial charge in [0.15, 0.2) is 0 Å². The van der Waals surface area contributed by atoms with Crippen LogP contribution in [0.25, 0.3) is 0 Å². The van der Waals surface area contributed by atoms with Crippen LogP contribution in [-0.4, -0.2) is 48.0 Å². The van der Waals surface area contributed by atoms with Crippen LogP contribution in [-0.2, 0) is 26.2 Å². The summed E-state index contributed by atoms with van der Waals surface area (Å²) in [5.41, 5.74) is 0.183. The van der Waals surface area contributed by atoms with Gasteiger partial charge in [0.25, 0.3) is 15.6 Å². The van der Waals surface area contributed by atoms with E-state index in [9.17, 15) is 22.8 Å². The molecule has 1 fully saturated rings. The van der Waals surface area contributed by atoms with Crippen molar-refractivity contribution >= 4 is 27.6 Å². The summed E-state index contributed by atoms with van der Waals surface area (Å²) in [6, 6.07) is 10.9. The molecule has 2 aliphatic rings. The average molecular weight is 417 g/mol. The van der Waals surface area contributed by atoms with Gasteiger partial charge in [0.1, 0.15) is 5.69 Å². The number of aromatic nitrogens is 1. The van der Waals surface area contributed by atoms with Crippen LogP contribution in [0.3, 0.4) is 0 Å². The average Bonchev–Trinajstić information content (AvgIpc) is 2.70. The van der Waals surface area contributed by atoms with Gasteiger partial charge >= 0.3 is 11.9 Å². The number of pyridine rings is 1. The van der Waals surface area contributed by atoms with Gasteiger partial charge in [-0.1, -0.05) is 18.2 Å². The molecule has 2 bridgehead atoms. The summed E-state index contributed by atoms with van der Waals surface area (Å²) in [6.07, 6.45) is 0.748. The van der Waals surface area contributed by atoms with E-state index in [2.05, 4.69) is 4.72 Å². The lowest BCUT2D eigenvalue weighted by Crippen LogP contribution is -2.51. The Morgan fingerprint density at radius 1 is 1.03 bits per heavy atom. The summed E-state index contributed by atoms with van der Waals surface area (Å²) in [6.45, 7) is 0.776. The minimum absolute atomic E-state index is 0.0453. The van der Waals surface area contributed by atoms with E-state index in [4.69, 9.17) is 5.11 Å². The molecule has 0 radical (unpaired) electrons. The Balaban J connectivity index is 1.64. The SMILES string of the molecule is O=C(O)C(=O)N1CC2CC(C1)c1ccc(NS(=O)(=O)c3ccccc3)c(=O)n1C2. The first-order valence-corrected chi connectivity index (χ1v) is 10.6. The van der Waals surface area contributed by atoms with Crippen LogP contribution < -0.4 is 10.3 Å². The minimum Gasteiger partial charge on any atom is -0.474 e.